The number of nitrogens with zero attached hydrogens (tertiary/aromatic N) is 4. The number of halogens is 1. The molecule has 0 aliphatic heterocycles. The molecule has 1 N–H and O–H groups in total. The summed E-state index contributed by atoms with van der Waals surface area (Å²) in [6, 6.07) is 21.5. The lowest BCUT2D eigenvalue weighted by Gasteiger charge is -2.11. The number of hydrazone groups is 1. The highest BCUT2D eigenvalue weighted by Crippen LogP contribution is 2.29. The third-order valence-electron chi connectivity index (χ3n) is 4.86. The van der Waals surface area contributed by atoms with Crippen LogP contribution in [0.2, 0.25) is 0 Å². The van der Waals surface area contributed by atoms with E-state index in [9.17, 15) is 9.18 Å². The molecule has 0 saturated carbocycles. The predicted octanol–water partition coefficient (Wildman–Crippen LogP) is 4.63. The van der Waals surface area contributed by atoms with Crippen molar-refractivity contribution in [2.75, 3.05) is 12.9 Å². The van der Waals surface area contributed by atoms with Crippen molar-refractivity contribution in [3.63, 3.8) is 0 Å². The molecule has 1 heterocycles. The zero-order chi connectivity index (χ0) is 23.9. The van der Waals surface area contributed by atoms with Crippen molar-refractivity contribution >= 4 is 23.9 Å². The van der Waals surface area contributed by atoms with Crippen LogP contribution < -0.4 is 10.2 Å². The summed E-state index contributed by atoms with van der Waals surface area (Å²) < 4.78 is 20.4. The number of hydrogen-bond donors (Lipinski definition) is 1. The van der Waals surface area contributed by atoms with Crippen LogP contribution in [-0.2, 0) is 4.79 Å². The normalized spacial score (nSPS) is 11.0. The van der Waals surface area contributed by atoms with Crippen molar-refractivity contribution in [2.24, 2.45) is 5.10 Å². The number of aromatic nitrogens is 3. The summed E-state index contributed by atoms with van der Waals surface area (Å²) in [5, 5.41) is 13.2. The number of methoxy groups -OCH3 is 1. The van der Waals surface area contributed by atoms with Crippen molar-refractivity contribution in [3.8, 4) is 22.8 Å². The second kappa shape index (κ2) is 10.8. The Hall–Kier alpha value is -3.98. The Morgan fingerprint density at radius 2 is 1.88 bits per heavy atom. The Bertz CT molecular complexity index is 1300. The summed E-state index contributed by atoms with van der Waals surface area (Å²) in [4.78, 5) is 12.3. The summed E-state index contributed by atoms with van der Waals surface area (Å²) in [5.41, 5.74) is 5.89. The van der Waals surface area contributed by atoms with Crippen molar-refractivity contribution in [2.45, 2.75) is 12.1 Å². The number of carbonyl (C=O) groups is 1. The fourth-order valence-corrected chi connectivity index (χ4v) is 3.89. The minimum Gasteiger partial charge on any atom is -0.497 e. The van der Waals surface area contributed by atoms with Crippen LogP contribution in [0.5, 0.6) is 5.75 Å². The molecule has 34 heavy (non-hydrogen) atoms. The number of rotatable bonds is 8. The first-order chi connectivity index (χ1) is 16.5. The van der Waals surface area contributed by atoms with Gasteiger partial charge in [-0.3, -0.25) is 9.36 Å². The van der Waals surface area contributed by atoms with Crippen LogP contribution in [0.15, 0.2) is 83.1 Å². The van der Waals surface area contributed by atoms with Crippen molar-refractivity contribution in [1.82, 2.24) is 20.2 Å². The van der Waals surface area contributed by atoms with E-state index in [1.807, 2.05) is 60.0 Å². The highest BCUT2D eigenvalue weighted by Gasteiger charge is 2.17. The lowest BCUT2D eigenvalue weighted by molar-refractivity contribution is -0.118. The second-order valence-electron chi connectivity index (χ2n) is 7.34. The standard InChI is InChI=1S/C25H22FN5O2S/c1-17-6-10-21(11-7-17)31-24(19-8-12-22(33-2)13-9-19)29-30-25(31)34-16-23(32)28-27-15-18-4-3-5-20(26)14-18/h3-15H,16H2,1-2H3,(H,28,32)/b27-15+. The van der Waals surface area contributed by atoms with Gasteiger partial charge in [-0.2, -0.15) is 5.10 Å². The van der Waals surface area contributed by atoms with Gasteiger partial charge in [-0.05, 0) is 61.0 Å². The molecule has 0 spiro atoms. The number of hydrogen-bond acceptors (Lipinski definition) is 6. The molecule has 3 aromatic carbocycles. The Balaban J connectivity index is 1.52. The maximum Gasteiger partial charge on any atom is 0.250 e. The molecule has 0 aliphatic rings. The van der Waals surface area contributed by atoms with E-state index in [0.717, 1.165) is 22.6 Å². The molecule has 7 nitrogen and oxygen atoms in total. The van der Waals surface area contributed by atoms with Gasteiger partial charge in [-0.1, -0.05) is 41.6 Å². The summed E-state index contributed by atoms with van der Waals surface area (Å²) in [6.07, 6.45) is 1.39. The topological polar surface area (TPSA) is 81.4 Å². The number of ether oxygens (including phenoxy) is 1. The van der Waals surface area contributed by atoms with Gasteiger partial charge in [-0.25, -0.2) is 9.82 Å². The van der Waals surface area contributed by atoms with Crippen LogP contribution >= 0.6 is 11.8 Å². The van der Waals surface area contributed by atoms with Crippen molar-refractivity contribution in [3.05, 3.63) is 89.7 Å². The van der Waals surface area contributed by atoms with E-state index in [1.165, 1.54) is 30.1 Å². The zero-order valence-electron chi connectivity index (χ0n) is 18.6. The van der Waals surface area contributed by atoms with Crippen LogP contribution in [0.4, 0.5) is 4.39 Å². The molecule has 4 rings (SSSR count). The van der Waals surface area contributed by atoms with E-state index < -0.39 is 0 Å². The molecular formula is C25H22FN5O2S. The highest BCUT2D eigenvalue weighted by molar-refractivity contribution is 7.99. The number of carbonyl (C=O) groups excluding carboxylic acids is 1. The fourth-order valence-electron chi connectivity index (χ4n) is 3.15. The van der Waals surface area contributed by atoms with Gasteiger partial charge in [0.2, 0.25) is 0 Å². The Kier molecular flexibility index (Phi) is 7.34. The lowest BCUT2D eigenvalue weighted by Crippen LogP contribution is -2.20. The van der Waals surface area contributed by atoms with Gasteiger partial charge in [-0.15, -0.1) is 10.2 Å². The van der Waals surface area contributed by atoms with Crippen LogP contribution in [0.1, 0.15) is 11.1 Å². The highest BCUT2D eigenvalue weighted by atomic mass is 32.2. The number of nitrogens with one attached hydrogen (secondary N) is 1. The van der Waals surface area contributed by atoms with E-state index in [1.54, 1.807) is 19.2 Å². The molecule has 0 radical (unpaired) electrons. The van der Waals surface area contributed by atoms with Crippen LogP contribution in [0, 0.1) is 12.7 Å². The maximum absolute atomic E-state index is 13.3. The molecule has 0 unspecified atom stereocenters. The van der Waals surface area contributed by atoms with Gasteiger partial charge in [0.05, 0.1) is 19.1 Å². The van der Waals surface area contributed by atoms with E-state index in [4.69, 9.17) is 4.74 Å². The van der Waals surface area contributed by atoms with E-state index >= 15 is 0 Å². The van der Waals surface area contributed by atoms with Gasteiger partial charge in [0.1, 0.15) is 11.6 Å². The second-order valence-corrected chi connectivity index (χ2v) is 8.28. The Morgan fingerprint density at radius 3 is 2.59 bits per heavy atom. The average molecular weight is 476 g/mol. The first-order valence-electron chi connectivity index (χ1n) is 10.4. The number of amides is 1. The summed E-state index contributed by atoms with van der Waals surface area (Å²) in [6.45, 7) is 2.02. The maximum atomic E-state index is 13.3. The number of benzene rings is 3. The molecule has 0 fully saturated rings. The molecule has 1 aromatic heterocycles. The molecule has 4 aromatic rings. The average Bonchev–Trinajstić information content (AvgIpc) is 3.27. The summed E-state index contributed by atoms with van der Waals surface area (Å²) in [7, 11) is 1.62. The van der Waals surface area contributed by atoms with Gasteiger partial charge in [0, 0.05) is 11.3 Å². The third-order valence-corrected chi connectivity index (χ3v) is 5.79. The minimum atomic E-state index is -0.367. The smallest absolute Gasteiger partial charge is 0.250 e. The van der Waals surface area contributed by atoms with Gasteiger partial charge >= 0.3 is 0 Å². The lowest BCUT2D eigenvalue weighted by atomic mass is 10.2. The monoisotopic (exact) mass is 475 g/mol. The largest absolute Gasteiger partial charge is 0.497 e. The fraction of sp³-hybridized carbons (Fsp3) is 0.120. The molecule has 0 aliphatic carbocycles. The SMILES string of the molecule is COc1ccc(-c2nnc(SCC(=O)N/N=C/c3cccc(F)c3)n2-c2ccc(C)cc2)cc1. The van der Waals surface area contributed by atoms with Gasteiger partial charge < -0.3 is 4.74 Å². The summed E-state index contributed by atoms with van der Waals surface area (Å²) >= 11 is 1.24. The molecular weight excluding hydrogens is 453 g/mol. The predicted molar refractivity (Wildman–Crippen MR) is 131 cm³/mol. The Morgan fingerprint density at radius 1 is 1.12 bits per heavy atom. The van der Waals surface area contributed by atoms with Crippen molar-refractivity contribution < 1.29 is 13.9 Å². The van der Waals surface area contributed by atoms with Crippen LogP contribution in [-0.4, -0.2) is 39.7 Å². The van der Waals surface area contributed by atoms with Gasteiger partial charge in [0.15, 0.2) is 11.0 Å². The quantitative estimate of drug-likeness (QED) is 0.228. The van der Waals surface area contributed by atoms with Crippen LogP contribution in [0.3, 0.4) is 0 Å². The first kappa shape index (κ1) is 23.2. The molecule has 0 saturated heterocycles. The van der Waals surface area contributed by atoms with E-state index in [-0.39, 0.29) is 17.5 Å². The van der Waals surface area contributed by atoms with Gasteiger partial charge in [0.25, 0.3) is 5.91 Å². The number of thioether (sulfide) groups is 1. The molecule has 1 amide bonds. The number of aryl methyl sites for hydroxylation is 1. The van der Waals surface area contributed by atoms with Crippen LogP contribution in [0.25, 0.3) is 17.1 Å². The third kappa shape index (κ3) is 5.68. The van der Waals surface area contributed by atoms with E-state index in [0.29, 0.717) is 16.5 Å². The molecule has 0 atom stereocenters. The minimum absolute atomic E-state index is 0.0765. The zero-order valence-corrected chi connectivity index (χ0v) is 19.4. The van der Waals surface area contributed by atoms with Crippen molar-refractivity contribution in [1.29, 1.82) is 0 Å². The molecule has 0 bridgehead atoms. The van der Waals surface area contributed by atoms with E-state index in [2.05, 4.69) is 20.7 Å². The molecule has 9 heteroatoms. The Labute approximate surface area is 200 Å². The first-order valence-corrected chi connectivity index (χ1v) is 11.4. The summed E-state index contributed by atoms with van der Waals surface area (Å²) in [5.74, 6) is 0.789. The molecule has 172 valence electrons.